The Morgan fingerprint density at radius 1 is 1.22 bits per heavy atom. The molecule has 1 aliphatic heterocycles. The maximum absolute atomic E-state index is 12.5. The molecule has 0 aromatic carbocycles. The Kier molecular flexibility index (Phi) is 3.67. The highest BCUT2D eigenvalue weighted by Crippen LogP contribution is 2.64. The molecule has 0 aromatic rings. The smallest absolute Gasteiger partial charge is 0.138 e. The van der Waals surface area contributed by atoms with Crippen molar-refractivity contribution in [2.75, 3.05) is 0 Å². The van der Waals surface area contributed by atoms with Gasteiger partial charge in [0.25, 0.3) is 0 Å². The summed E-state index contributed by atoms with van der Waals surface area (Å²) >= 11 is 0. The molecule has 0 unspecified atom stereocenters. The molecule has 0 spiro atoms. The Morgan fingerprint density at radius 2 is 1.87 bits per heavy atom. The number of carbonyl (C=O) groups excluding carboxylic acids is 1. The Hall–Kier alpha value is -0.670. The van der Waals surface area contributed by atoms with Crippen LogP contribution in [0, 0.1) is 22.7 Å². The third kappa shape index (κ3) is 2.26. The van der Waals surface area contributed by atoms with E-state index >= 15 is 0 Å². The summed E-state index contributed by atoms with van der Waals surface area (Å²) in [6.07, 6.45) is 5.39. The van der Waals surface area contributed by atoms with Gasteiger partial charge in [-0.2, -0.15) is 0 Å². The van der Waals surface area contributed by atoms with E-state index in [2.05, 4.69) is 34.3 Å². The van der Waals surface area contributed by atoms with Crippen molar-refractivity contribution in [1.29, 1.82) is 0 Å². The van der Waals surface area contributed by atoms with E-state index in [0.29, 0.717) is 24.5 Å². The van der Waals surface area contributed by atoms with Crippen LogP contribution in [0.2, 0.25) is 0 Å². The van der Waals surface area contributed by atoms with Crippen LogP contribution in [0.3, 0.4) is 0 Å². The van der Waals surface area contributed by atoms with Gasteiger partial charge in [-0.3, -0.25) is 4.79 Å². The van der Waals surface area contributed by atoms with Crippen LogP contribution >= 0.6 is 0 Å². The standard InChI is InChI=1S/C20H32O3/c1-7-18(4)12-13(21)16-19(5)10-9-15(22)17(2,3)14(19)8-11-20(16,6)23-18/h7,13-14,16,21H,1,8-12H2,2-6H3/t13-,14-,16+,18+,19-,20+/m1/s1. The minimum absolute atomic E-state index is 0.0493. The van der Waals surface area contributed by atoms with Gasteiger partial charge in [0.1, 0.15) is 5.78 Å². The first-order valence-electron chi connectivity index (χ1n) is 9.04. The van der Waals surface area contributed by atoms with Crippen LogP contribution < -0.4 is 0 Å². The van der Waals surface area contributed by atoms with Crippen molar-refractivity contribution in [2.45, 2.75) is 84.0 Å². The average Bonchev–Trinajstić information content (AvgIpc) is 2.41. The second-order valence-corrected chi connectivity index (χ2v) is 9.42. The molecule has 130 valence electrons. The molecule has 1 N–H and O–H groups in total. The van der Waals surface area contributed by atoms with Gasteiger partial charge in [0.2, 0.25) is 0 Å². The van der Waals surface area contributed by atoms with Gasteiger partial charge in [-0.1, -0.05) is 26.8 Å². The zero-order chi connectivity index (χ0) is 17.3. The van der Waals surface area contributed by atoms with Crippen LogP contribution in [0.5, 0.6) is 0 Å². The molecule has 3 aliphatic rings. The van der Waals surface area contributed by atoms with E-state index in [1.54, 1.807) is 0 Å². The van der Waals surface area contributed by atoms with Crippen molar-refractivity contribution in [3.63, 3.8) is 0 Å². The first kappa shape index (κ1) is 17.2. The summed E-state index contributed by atoms with van der Waals surface area (Å²) in [6.45, 7) is 14.6. The molecular weight excluding hydrogens is 288 g/mol. The van der Waals surface area contributed by atoms with E-state index in [0.717, 1.165) is 19.3 Å². The van der Waals surface area contributed by atoms with E-state index in [9.17, 15) is 9.90 Å². The molecule has 2 aliphatic carbocycles. The number of hydrogen-bond acceptors (Lipinski definition) is 3. The first-order valence-corrected chi connectivity index (χ1v) is 9.04. The van der Waals surface area contributed by atoms with Gasteiger partial charge < -0.3 is 9.84 Å². The largest absolute Gasteiger partial charge is 0.393 e. The number of ether oxygens (including phenoxy) is 1. The van der Waals surface area contributed by atoms with Crippen molar-refractivity contribution in [3.05, 3.63) is 12.7 Å². The second kappa shape index (κ2) is 4.92. The third-order valence-electron chi connectivity index (χ3n) is 7.47. The number of aliphatic hydroxyl groups is 1. The number of Topliss-reactive ketones (excluding diaryl/α,β-unsaturated/α-hetero) is 1. The monoisotopic (exact) mass is 320 g/mol. The highest BCUT2D eigenvalue weighted by Gasteiger charge is 2.65. The predicted octanol–water partition coefficient (Wildman–Crippen LogP) is 3.89. The quantitative estimate of drug-likeness (QED) is 0.746. The number of fused-ring (bicyclic) bond motifs is 3. The summed E-state index contributed by atoms with van der Waals surface area (Å²) in [6, 6.07) is 0. The van der Waals surface area contributed by atoms with Crippen LogP contribution in [-0.4, -0.2) is 28.2 Å². The van der Waals surface area contributed by atoms with Crippen molar-refractivity contribution < 1.29 is 14.6 Å². The number of hydrogen-bond donors (Lipinski definition) is 1. The summed E-state index contributed by atoms with van der Waals surface area (Å²) < 4.78 is 6.53. The van der Waals surface area contributed by atoms with Gasteiger partial charge in [-0.05, 0) is 44.4 Å². The van der Waals surface area contributed by atoms with Crippen LogP contribution in [0.1, 0.15) is 66.7 Å². The van der Waals surface area contributed by atoms with Crippen LogP contribution in [0.4, 0.5) is 0 Å². The zero-order valence-corrected chi connectivity index (χ0v) is 15.3. The van der Waals surface area contributed by atoms with Gasteiger partial charge in [-0.25, -0.2) is 0 Å². The lowest BCUT2D eigenvalue weighted by atomic mass is 9.43. The van der Waals surface area contributed by atoms with Crippen LogP contribution in [0.15, 0.2) is 12.7 Å². The summed E-state index contributed by atoms with van der Waals surface area (Å²) in [7, 11) is 0. The number of carbonyl (C=O) groups is 1. The van der Waals surface area contributed by atoms with E-state index in [4.69, 9.17) is 4.74 Å². The Bertz CT molecular complexity index is 539. The average molecular weight is 320 g/mol. The molecule has 6 atom stereocenters. The maximum Gasteiger partial charge on any atom is 0.138 e. The summed E-state index contributed by atoms with van der Waals surface area (Å²) in [4.78, 5) is 12.5. The van der Waals surface area contributed by atoms with Crippen molar-refractivity contribution in [3.8, 4) is 0 Å². The Balaban J connectivity index is 2.03. The second-order valence-electron chi connectivity index (χ2n) is 9.42. The number of aliphatic hydroxyl groups excluding tert-OH is 1. The third-order valence-corrected chi connectivity index (χ3v) is 7.47. The van der Waals surface area contributed by atoms with Crippen molar-refractivity contribution in [2.24, 2.45) is 22.7 Å². The molecule has 0 amide bonds. The first-order chi connectivity index (χ1) is 10.5. The molecule has 0 bridgehead atoms. The summed E-state index contributed by atoms with van der Waals surface area (Å²) in [5, 5.41) is 11.1. The van der Waals surface area contributed by atoms with E-state index in [1.165, 1.54) is 0 Å². The molecule has 3 nitrogen and oxygen atoms in total. The van der Waals surface area contributed by atoms with Gasteiger partial charge in [0, 0.05) is 24.2 Å². The molecule has 0 aromatic heterocycles. The highest BCUT2D eigenvalue weighted by molar-refractivity contribution is 5.85. The fourth-order valence-corrected chi connectivity index (χ4v) is 6.44. The molecular formula is C20H32O3. The van der Waals surface area contributed by atoms with Crippen molar-refractivity contribution in [1.82, 2.24) is 0 Å². The fourth-order valence-electron chi connectivity index (χ4n) is 6.44. The molecule has 3 rings (SSSR count). The van der Waals surface area contributed by atoms with Gasteiger partial charge in [0.15, 0.2) is 0 Å². The van der Waals surface area contributed by atoms with Crippen LogP contribution in [0.25, 0.3) is 0 Å². The van der Waals surface area contributed by atoms with E-state index in [1.807, 2.05) is 13.0 Å². The molecule has 1 heterocycles. The number of ketones is 1. The Labute approximate surface area is 140 Å². The predicted molar refractivity (Wildman–Crippen MR) is 91.1 cm³/mol. The van der Waals surface area contributed by atoms with Gasteiger partial charge >= 0.3 is 0 Å². The van der Waals surface area contributed by atoms with Crippen molar-refractivity contribution >= 4 is 5.78 Å². The maximum atomic E-state index is 12.5. The van der Waals surface area contributed by atoms with E-state index in [-0.39, 0.29) is 22.3 Å². The highest BCUT2D eigenvalue weighted by atomic mass is 16.5. The van der Waals surface area contributed by atoms with Gasteiger partial charge in [0.05, 0.1) is 17.3 Å². The summed E-state index contributed by atoms with van der Waals surface area (Å²) in [5.74, 6) is 0.778. The molecule has 3 heteroatoms. The topological polar surface area (TPSA) is 46.5 Å². The molecule has 2 saturated carbocycles. The Morgan fingerprint density at radius 3 is 2.48 bits per heavy atom. The molecule has 3 fully saturated rings. The lowest BCUT2D eigenvalue weighted by Crippen LogP contribution is -2.67. The normalized spacial score (nSPS) is 52.4. The lowest BCUT2D eigenvalue weighted by molar-refractivity contribution is -0.280. The zero-order valence-electron chi connectivity index (χ0n) is 15.3. The minimum Gasteiger partial charge on any atom is -0.393 e. The molecule has 0 radical (unpaired) electrons. The summed E-state index contributed by atoms with van der Waals surface area (Å²) in [5.41, 5.74) is -1.16. The SMILES string of the molecule is C=C[C@@]1(C)C[C@@H](O)[C@H]2[C@]3(C)CCC(=O)C(C)(C)[C@H]3CC[C@]2(C)O1. The van der Waals surface area contributed by atoms with E-state index < -0.39 is 11.7 Å². The van der Waals surface area contributed by atoms with Crippen LogP contribution in [-0.2, 0) is 9.53 Å². The minimum atomic E-state index is -0.464. The number of rotatable bonds is 1. The lowest BCUT2D eigenvalue weighted by Gasteiger charge is -2.65. The van der Waals surface area contributed by atoms with Gasteiger partial charge in [-0.15, -0.1) is 6.58 Å². The fraction of sp³-hybridized carbons (Fsp3) is 0.850. The molecule has 23 heavy (non-hydrogen) atoms. The molecule has 1 saturated heterocycles.